The zero-order valence-electron chi connectivity index (χ0n) is 7.98. The van der Waals surface area contributed by atoms with Crippen molar-refractivity contribution in [3.05, 3.63) is 0 Å². The van der Waals surface area contributed by atoms with Crippen molar-refractivity contribution in [3.63, 3.8) is 0 Å². The predicted molar refractivity (Wildman–Crippen MR) is 49.7 cm³/mol. The Labute approximate surface area is 75.5 Å². The minimum atomic E-state index is 0.303. The highest BCUT2D eigenvalue weighted by molar-refractivity contribution is 6.37. The molecule has 0 aromatic heterocycles. The molecule has 0 aliphatic heterocycles. The molecule has 0 N–H and O–H groups in total. The van der Waals surface area contributed by atoms with Gasteiger partial charge >= 0.3 is 20.4 Å². The Balaban J connectivity index is 2.91. The normalized spacial score (nSPS) is 10.6. The summed E-state index contributed by atoms with van der Waals surface area (Å²) in [5, 5.41) is 0. The molecule has 0 aromatic rings. The minimum Gasteiger partial charge on any atom is -0.145 e. The van der Waals surface area contributed by atoms with Crippen molar-refractivity contribution >= 4 is 20.4 Å². The van der Waals surface area contributed by atoms with Crippen LogP contribution in [-0.2, 0) is 0 Å². The third-order valence-corrected chi connectivity index (χ3v) is 3.88. The summed E-state index contributed by atoms with van der Waals surface area (Å²) in [6.07, 6.45) is 2.93. The summed E-state index contributed by atoms with van der Waals surface area (Å²) in [6, 6.07) is 0. The Kier molecular flexibility index (Phi) is 6.97. The van der Waals surface area contributed by atoms with Crippen LogP contribution in [0.4, 0.5) is 0 Å². The second-order valence-corrected chi connectivity index (χ2v) is 6.99. The quantitative estimate of drug-likeness (QED) is 0.419. The molecule has 0 nitrogen and oxygen atoms in total. The Bertz CT molecular complexity index is 57.1. The summed E-state index contributed by atoms with van der Waals surface area (Å²) in [7, 11) is 0. The van der Waals surface area contributed by atoms with E-state index in [1.807, 2.05) is 0 Å². The smallest absolute Gasteiger partial charge is 0.145 e. The molecule has 0 aliphatic rings. The van der Waals surface area contributed by atoms with Crippen molar-refractivity contribution in [1.29, 1.82) is 0 Å². The van der Waals surface area contributed by atoms with Crippen LogP contribution in [0.25, 0.3) is 0 Å². The molecule has 0 aliphatic carbocycles. The first-order valence-corrected chi connectivity index (χ1v) is 6.44. The molecule has 0 saturated heterocycles. The van der Waals surface area contributed by atoms with Gasteiger partial charge in [-0.3, -0.25) is 0 Å². The largest absolute Gasteiger partial charge is 0.367 e. The summed E-state index contributed by atoms with van der Waals surface area (Å²) >= 11 is 0.303. The first-order valence-electron chi connectivity index (χ1n) is 4.63. The first kappa shape index (κ1) is 10.8. The van der Waals surface area contributed by atoms with Gasteiger partial charge in [-0.2, -0.15) is 0 Å². The average molecular weight is 153 g/mol. The van der Waals surface area contributed by atoms with Gasteiger partial charge in [0.25, 0.3) is 0 Å². The lowest BCUT2D eigenvalue weighted by atomic mass is 10.1. The molecule has 0 unspecified atom stereocenters. The molecule has 0 radical (unpaired) electrons. The van der Waals surface area contributed by atoms with Gasteiger partial charge in [0.1, 0.15) is 0 Å². The zero-order valence-corrected chi connectivity index (χ0v) is 9.40. The maximum Gasteiger partial charge on any atom is 0.367 e. The van der Waals surface area contributed by atoms with Gasteiger partial charge in [-0.25, -0.2) is 0 Å². The molecule has 0 amide bonds. The molecule has 0 atom stereocenters. The standard InChI is InChI=1S/C6H13.C3H7.Mg/c1-4-5-6(2)3;1-3-2;/h6H,1,4-5H2,2-3H3;3H,1-2H3;. The van der Waals surface area contributed by atoms with Gasteiger partial charge < -0.3 is 0 Å². The molecule has 0 spiro atoms. The van der Waals surface area contributed by atoms with E-state index >= 15 is 0 Å². The van der Waals surface area contributed by atoms with E-state index in [1.165, 1.54) is 12.8 Å². The lowest BCUT2D eigenvalue weighted by molar-refractivity contribution is 0.574. The molecule has 10 heavy (non-hydrogen) atoms. The predicted octanol–water partition coefficient (Wildman–Crippen LogP) is 3.37. The van der Waals surface area contributed by atoms with Gasteiger partial charge in [0, 0.05) is 0 Å². The van der Waals surface area contributed by atoms with Gasteiger partial charge in [-0.05, 0) is 5.92 Å². The average Bonchev–Trinajstić information content (AvgIpc) is 1.79. The van der Waals surface area contributed by atoms with Gasteiger partial charge in [-0.1, -0.05) is 40.5 Å². The SMILES string of the molecule is CC(C)CC[CH2][Mg][CH](C)C. The maximum atomic E-state index is 2.36. The van der Waals surface area contributed by atoms with Crippen LogP contribution in [0.3, 0.4) is 0 Å². The Morgan fingerprint density at radius 2 is 1.70 bits per heavy atom. The van der Waals surface area contributed by atoms with E-state index in [0.29, 0.717) is 20.4 Å². The Morgan fingerprint density at radius 3 is 2.10 bits per heavy atom. The van der Waals surface area contributed by atoms with Crippen LogP contribution >= 0.6 is 0 Å². The van der Waals surface area contributed by atoms with Crippen molar-refractivity contribution in [2.75, 3.05) is 0 Å². The Hall–Kier alpha value is 0.766. The molecule has 0 rings (SSSR count). The van der Waals surface area contributed by atoms with Gasteiger partial charge in [0.05, 0.1) is 0 Å². The topological polar surface area (TPSA) is 0 Å². The van der Waals surface area contributed by atoms with Gasteiger partial charge in [0.15, 0.2) is 0 Å². The maximum absolute atomic E-state index is 2.36. The summed E-state index contributed by atoms with van der Waals surface area (Å²) in [5.41, 5.74) is 0. The van der Waals surface area contributed by atoms with Crippen LogP contribution in [0.15, 0.2) is 0 Å². The Morgan fingerprint density at radius 1 is 1.10 bits per heavy atom. The minimum absolute atomic E-state index is 0.303. The van der Waals surface area contributed by atoms with Crippen LogP contribution in [0, 0.1) is 5.92 Å². The van der Waals surface area contributed by atoms with Crippen molar-refractivity contribution in [2.24, 2.45) is 5.92 Å². The van der Waals surface area contributed by atoms with Gasteiger partial charge in [-0.15, -0.1) is 8.60 Å². The van der Waals surface area contributed by atoms with E-state index < -0.39 is 0 Å². The van der Waals surface area contributed by atoms with Crippen molar-refractivity contribution < 1.29 is 0 Å². The zero-order chi connectivity index (χ0) is 7.98. The summed E-state index contributed by atoms with van der Waals surface area (Å²) in [6.45, 7) is 9.36. The van der Waals surface area contributed by atoms with E-state index in [0.717, 1.165) is 9.97 Å². The summed E-state index contributed by atoms with van der Waals surface area (Å²) in [4.78, 5) is 0. The second-order valence-electron chi connectivity index (χ2n) is 4.07. The molecular weight excluding hydrogens is 132 g/mol. The fourth-order valence-corrected chi connectivity index (χ4v) is 2.50. The third kappa shape index (κ3) is 8.77. The summed E-state index contributed by atoms with van der Waals surface area (Å²) in [5.74, 6) is 0.918. The lowest BCUT2D eigenvalue weighted by Gasteiger charge is -2.03. The van der Waals surface area contributed by atoms with Crippen LogP contribution in [-0.4, -0.2) is 20.4 Å². The monoisotopic (exact) mass is 152 g/mol. The molecule has 58 valence electrons. The van der Waals surface area contributed by atoms with Crippen molar-refractivity contribution in [1.82, 2.24) is 0 Å². The van der Waals surface area contributed by atoms with Crippen LogP contribution in [0.1, 0.15) is 40.5 Å². The molecule has 0 fully saturated rings. The number of rotatable bonds is 5. The highest BCUT2D eigenvalue weighted by Gasteiger charge is 2.00. The van der Waals surface area contributed by atoms with Crippen LogP contribution in [0.5, 0.6) is 0 Å². The van der Waals surface area contributed by atoms with E-state index in [4.69, 9.17) is 0 Å². The first-order chi connectivity index (χ1) is 4.63. The van der Waals surface area contributed by atoms with E-state index in [1.54, 1.807) is 4.55 Å². The number of hydrogen-bond donors (Lipinski definition) is 0. The van der Waals surface area contributed by atoms with E-state index in [2.05, 4.69) is 27.7 Å². The second kappa shape index (κ2) is 6.47. The highest BCUT2D eigenvalue weighted by Crippen LogP contribution is 2.09. The third-order valence-electron chi connectivity index (χ3n) is 1.81. The summed E-state index contributed by atoms with van der Waals surface area (Å²) < 4.78 is 2.60. The van der Waals surface area contributed by atoms with Crippen LogP contribution in [0.2, 0.25) is 8.60 Å². The fourth-order valence-electron chi connectivity index (χ4n) is 1.11. The molecule has 0 heterocycles. The van der Waals surface area contributed by atoms with Crippen molar-refractivity contribution in [3.8, 4) is 0 Å². The van der Waals surface area contributed by atoms with E-state index in [9.17, 15) is 0 Å². The molecule has 0 saturated carbocycles. The number of hydrogen-bond acceptors (Lipinski definition) is 0. The molecule has 0 bridgehead atoms. The molecular formula is C9H20Mg. The lowest BCUT2D eigenvalue weighted by Crippen LogP contribution is -1.95. The molecule has 1 heteroatoms. The van der Waals surface area contributed by atoms with Crippen molar-refractivity contribution in [2.45, 2.75) is 49.1 Å². The van der Waals surface area contributed by atoms with Crippen LogP contribution < -0.4 is 0 Å². The van der Waals surface area contributed by atoms with E-state index in [-0.39, 0.29) is 0 Å². The molecule has 0 aromatic carbocycles. The highest BCUT2D eigenvalue weighted by atomic mass is 24.5. The fraction of sp³-hybridized carbons (Fsp3) is 1.00. The van der Waals surface area contributed by atoms with Gasteiger partial charge in [0.2, 0.25) is 0 Å².